The highest BCUT2D eigenvalue weighted by Gasteiger charge is 2.33. The fourth-order valence-electron chi connectivity index (χ4n) is 2.81. The van der Waals surface area contributed by atoms with Crippen LogP contribution in [0.1, 0.15) is 46.5 Å². The van der Waals surface area contributed by atoms with E-state index in [1.54, 1.807) is 21.6 Å². The van der Waals surface area contributed by atoms with E-state index in [2.05, 4.69) is 5.32 Å². The summed E-state index contributed by atoms with van der Waals surface area (Å²) in [6.07, 6.45) is 3.73. The molecule has 6 nitrogen and oxygen atoms in total. The van der Waals surface area contributed by atoms with Gasteiger partial charge in [-0.3, -0.25) is 4.79 Å². The number of nitrogens with one attached hydrogen (secondary N) is 1. The van der Waals surface area contributed by atoms with Gasteiger partial charge in [0.1, 0.15) is 5.60 Å². The maximum Gasteiger partial charge on any atom is 0.407 e. The van der Waals surface area contributed by atoms with Crippen LogP contribution < -0.4 is 11.1 Å². The monoisotopic (exact) mass is 364 g/mol. The van der Waals surface area contributed by atoms with Crippen LogP contribution in [0.15, 0.2) is 0 Å². The van der Waals surface area contributed by atoms with Gasteiger partial charge >= 0.3 is 12.1 Å². The molecule has 0 aliphatic heterocycles. The molecule has 0 spiro atoms. The molecule has 4 N–H and O–H groups in total. The third-order valence-electron chi connectivity index (χ3n) is 3.67. The number of carboxylic acid groups (broad SMARTS) is 1. The second-order valence-corrected chi connectivity index (χ2v) is 9.73. The summed E-state index contributed by atoms with van der Waals surface area (Å²) in [5.41, 5.74) is 5.66. The van der Waals surface area contributed by atoms with Gasteiger partial charge < -0.3 is 20.9 Å². The highest BCUT2D eigenvalue weighted by molar-refractivity contribution is 8.76. The number of carbonyl (C=O) groups excluding carboxylic acids is 1. The van der Waals surface area contributed by atoms with E-state index < -0.39 is 17.7 Å². The quantitative estimate of drug-likeness (QED) is 0.509. The molecule has 134 valence electrons. The van der Waals surface area contributed by atoms with E-state index in [0.717, 1.165) is 12.8 Å². The van der Waals surface area contributed by atoms with Gasteiger partial charge in [0.15, 0.2) is 0 Å². The summed E-state index contributed by atoms with van der Waals surface area (Å²) in [5, 5.41) is 12.2. The zero-order chi connectivity index (χ0) is 17.6. The van der Waals surface area contributed by atoms with Gasteiger partial charge in [0, 0.05) is 23.8 Å². The van der Waals surface area contributed by atoms with Crippen molar-refractivity contribution in [1.82, 2.24) is 5.32 Å². The highest BCUT2D eigenvalue weighted by Crippen LogP contribution is 2.37. The zero-order valence-electron chi connectivity index (χ0n) is 14.2. The minimum atomic E-state index is -0.822. The van der Waals surface area contributed by atoms with Gasteiger partial charge in [-0.15, -0.1) is 0 Å². The Morgan fingerprint density at radius 3 is 2.48 bits per heavy atom. The van der Waals surface area contributed by atoms with Crippen molar-refractivity contribution in [3.05, 3.63) is 0 Å². The Bertz CT molecular complexity index is 415. The fraction of sp³-hybridized carbons (Fsp3) is 0.867. The van der Waals surface area contributed by atoms with Gasteiger partial charge in [-0.1, -0.05) is 21.6 Å². The van der Waals surface area contributed by atoms with E-state index in [9.17, 15) is 9.59 Å². The largest absolute Gasteiger partial charge is 0.481 e. The molecule has 1 rings (SSSR count). The third kappa shape index (κ3) is 8.17. The molecule has 0 aromatic rings. The first-order valence-electron chi connectivity index (χ1n) is 7.77. The molecule has 0 radical (unpaired) electrons. The predicted octanol–water partition coefficient (Wildman–Crippen LogP) is 2.86. The summed E-state index contributed by atoms with van der Waals surface area (Å²) in [5.74, 6) is -0.889. The molecule has 1 aliphatic rings. The molecule has 0 saturated heterocycles. The normalized spacial score (nSPS) is 28.7. The number of hydrogen-bond donors (Lipinski definition) is 3. The number of aliphatic carboxylic acids is 1. The molecule has 4 atom stereocenters. The minimum Gasteiger partial charge on any atom is -0.481 e. The van der Waals surface area contributed by atoms with Crippen molar-refractivity contribution in [2.75, 3.05) is 6.26 Å². The average Bonchev–Trinajstić information content (AvgIpc) is 2.46. The SMILES string of the molecule is CSSC1CC(NC(=O)OC(C)(C)C)CC(N)C(CC(=O)O)C1. The van der Waals surface area contributed by atoms with Gasteiger partial charge in [-0.2, -0.15) is 0 Å². The maximum atomic E-state index is 12.0. The van der Waals surface area contributed by atoms with E-state index in [0.29, 0.717) is 6.42 Å². The van der Waals surface area contributed by atoms with Crippen molar-refractivity contribution in [3.8, 4) is 0 Å². The minimum absolute atomic E-state index is 0.0670. The molecule has 23 heavy (non-hydrogen) atoms. The zero-order valence-corrected chi connectivity index (χ0v) is 15.8. The van der Waals surface area contributed by atoms with Gasteiger partial charge in [0.2, 0.25) is 0 Å². The summed E-state index contributed by atoms with van der Waals surface area (Å²) < 4.78 is 5.31. The molecule has 8 heteroatoms. The van der Waals surface area contributed by atoms with Crippen LogP contribution >= 0.6 is 21.6 Å². The van der Waals surface area contributed by atoms with Gasteiger partial charge in [0.25, 0.3) is 0 Å². The van der Waals surface area contributed by atoms with E-state index in [1.165, 1.54) is 0 Å². The lowest BCUT2D eigenvalue weighted by molar-refractivity contribution is -0.138. The molecular formula is C15H28N2O4S2. The molecule has 1 saturated carbocycles. The van der Waals surface area contributed by atoms with Crippen molar-refractivity contribution >= 4 is 33.7 Å². The van der Waals surface area contributed by atoms with Crippen molar-refractivity contribution in [2.24, 2.45) is 11.7 Å². The Hall–Kier alpha value is -0.600. The summed E-state index contributed by atoms with van der Waals surface area (Å²) in [7, 11) is 3.37. The lowest BCUT2D eigenvalue weighted by atomic mass is 9.92. The average molecular weight is 365 g/mol. The van der Waals surface area contributed by atoms with Gasteiger partial charge in [0.05, 0.1) is 0 Å². The first kappa shape index (κ1) is 20.4. The Morgan fingerprint density at radius 2 is 1.96 bits per heavy atom. The molecular weight excluding hydrogens is 336 g/mol. The number of carbonyl (C=O) groups is 2. The molecule has 1 fully saturated rings. The summed E-state index contributed by atoms with van der Waals surface area (Å²) in [6.45, 7) is 5.46. The van der Waals surface area contributed by atoms with E-state index in [4.69, 9.17) is 15.6 Å². The summed E-state index contributed by atoms with van der Waals surface area (Å²) in [4.78, 5) is 23.0. The van der Waals surface area contributed by atoms with Crippen LogP contribution in [0, 0.1) is 5.92 Å². The first-order valence-corrected chi connectivity index (χ1v) is 10.4. The van der Waals surface area contributed by atoms with Crippen LogP contribution in [-0.2, 0) is 9.53 Å². The number of ether oxygens (including phenoxy) is 1. The third-order valence-corrected chi connectivity index (χ3v) is 5.91. The van der Waals surface area contributed by atoms with Crippen LogP contribution in [0.5, 0.6) is 0 Å². The van der Waals surface area contributed by atoms with Crippen LogP contribution in [0.4, 0.5) is 4.79 Å². The number of nitrogens with two attached hydrogens (primary N) is 1. The van der Waals surface area contributed by atoms with Crippen LogP contribution in [0.2, 0.25) is 0 Å². The van der Waals surface area contributed by atoms with Crippen molar-refractivity contribution in [1.29, 1.82) is 0 Å². The predicted molar refractivity (Wildman–Crippen MR) is 95.6 cm³/mol. The van der Waals surface area contributed by atoms with E-state index >= 15 is 0 Å². The highest BCUT2D eigenvalue weighted by atomic mass is 33.1. The Labute approximate surface area is 146 Å². The van der Waals surface area contributed by atoms with Crippen molar-refractivity contribution in [2.45, 2.75) is 69.4 Å². The molecule has 0 aromatic carbocycles. The summed E-state index contributed by atoms with van der Waals surface area (Å²) >= 11 is 0. The molecule has 0 aromatic heterocycles. The number of alkyl carbamates (subject to hydrolysis) is 1. The number of carboxylic acids is 1. The lowest BCUT2D eigenvalue weighted by Crippen LogP contribution is -2.43. The number of amides is 1. The van der Waals surface area contributed by atoms with Crippen LogP contribution in [-0.4, -0.2) is 46.4 Å². The second kappa shape index (κ2) is 9.03. The van der Waals surface area contributed by atoms with E-state index in [-0.39, 0.29) is 29.7 Å². The van der Waals surface area contributed by atoms with Crippen molar-refractivity contribution < 1.29 is 19.4 Å². The molecule has 0 heterocycles. The molecule has 0 bridgehead atoms. The molecule has 4 unspecified atom stereocenters. The fourth-order valence-corrected chi connectivity index (χ4v) is 5.01. The smallest absolute Gasteiger partial charge is 0.407 e. The first-order chi connectivity index (χ1) is 10.6. The topological polar surface area (TPSA) is 102 Å². The van der Waals surface area contributed by atoms with Crippen molar-refractivity contribution in [3.63, 3.8) is 0 Å². The Balaban J connectivity index is 2.72. The maximum absolute atomic E-state index is 12.0. The van der Waals surface area contributed by atoms with Crippen LogP contribution in [0.3, 0.4) is 0 Å². The molecule has 1 aliphatic carbocycles. The van der Waals surface area contributed by atoms with Gasteiger partial charge in [-0.25, -0.2) is 4.79 Å². The lowest BCUT2D eigenvalue weighted by Gasteiger charge is -2.25. The van der Waals surface area contributed by atoms with E-state index in [1.807, 2.05) is 27.0 Å². The summed E-state index contributed by atoms with van der Waals surface area (Å²) in [6, 6.07) is -0.332. The Morgan fingerprint density at radius 1 is 1.30 bits per heavy atom. The number of rotatable bonds is 5. The second-order valence-electron chi connectivity index (χ2n) is 6.96. The van der Waals surface area contributed by atoms with Crippen LogP contribution in [0.25, 0.3) is 0 Å². The Kier molecular flexibility index (Phi) is 8.03. The number of hydrogen-bond acceptors (Lipinski definition) is 6. The standard InChI is InChI=1S/C15H28N2O4S2/c1-15(2,3)21-14(20)17-10-7-11(23-22-4)5-9(6-13(18)19)12(16)8-10/h9-12H,5-8,16H2,1-4H3,(H,17,20)(H,18,19). The van der Waals surface area contributed by atoms with Gasteiger partial charge in [-0.05, 0) is 52.2 Å². The molecule has 1 amide bonds.